The second-order valence-electron chi connectivity index (χ2n) is 6.28. The number of rotatable bonds is 7. The summed E-state index contributed by atoms with van der Waals surface area (Å²) in [5.74, 6) is 0.247. The molecule has 1 aromatic heterocycles. The number of nitrogens with zero attached hydrogens (tertiary/aromatic N) is 1. The summed E-state index contributed by atoms with van der Waals surface area (Å²) in [5.41, 5.74) is 0.702. The summed E-state index contributed by atoms with van der Waals surface area (Å²) in [5, 5.41) is 5.05. The normalized spacial score (nSPS) is 11.3. The van der Waals surface area contributed by atoms with Gasteiger partial charge in [-0.05, 0) is 36.2 Å². The summed E-state index contributed by atoms with van der Waals surface area (Å²) in [7, 11) is 0. The molecule has 0 radical (unpaired) electrons. The van der Waals surface area contributed by atoms with Crippen LogP contribution in [0.25, 0.3) is 10.6 Å². The fourth-order valence-corrected chi connectivity index (χ4v) is 3.43. The van der Waals surface area contributed by atoms with Crippen molar-refractivity contribution < 1.29 is 22.7 Å². The second kappa shape index (κ2) is 9.09. The van der Waals surface area contributed by atoms with Crippen molar-refractivity contribution in [3.05, 3.63) is 70.7 Å². The third kappa shape index (κ3) is 5.35. The van der Waals surface area contributed by atoms with Crippen molar-refractivity contribution in [2.45, 2.75) is 26.1 Å². The van der Waals surface area contributed by atoms with Crippen LogP contribution in [0.3, 0.4) is 0 Å². The molecule has 0 aliphatic carbocycles. The SMILES string of the molecule is CCCNC(=O)c1csc(-c2ccccc2OCc2cccc(C(F)(F)F)c2)n1. The molecule has 8 heteroatoms. The average Bonchev–Trinajstić information content (AvgIpc) is 3.20. The highest BCUT2D eigenvalue weighted by molar-refractivity contribution is 7.13. The van der Waals surface area contributed by atoms with Crippen molar-refractivity contribution in [2.24, 2.45) is 0 Å². The number of hydrogen-bond donors (Lipinski definition) is 1. The first-order valence-corrected chi connectivity index (χ1v) is 9.88. The molecule has 29 heavy (non-hydrogen) atoms. The van der Waals surface area contributed by atoms with Crippen LogP contribution in [0.1, 0.15) is 35.0 Å². The number of carbonyl (C=O) groups is 1. The number of benzene rings is 2. The topological polar surface area (TPSA) is 51.2 Å². The van der Waals surface area contributed by atoms with Crippen molar-refractivity contribution >= 4 is 17.2 Å². The molecule has 0 spiro atoms. The number of nitrogens with one attached hydrogen (secondary N) is 1. The highest BCUT2D eigenvalue weighted by Crippen LogP contribution is 2.33. The summed E-state index contributed by atoms with van der Waals surface area (Å²) < 4.78 is 44.4. The standard InChI is InChI=1S/C21H19F3N2O2S/c1-2-10-25-19(27)17-13-29-20(26-17)16-8-3-4-9-18(16)28-12-14-6-5-7-15(11-14)21(22,23)24/h3-9,11,13H,2,10,12H2,1H3,(H,25,27). The summed E-state index contributed by atoms with van der Waals surface area (Å²) in [6.07, 6.45) is -3.57. The zero-order valence-corrected chi connectivity index (χ0v) is 16.4. The highest BCUT2D eigenvalue weighted by atomic mass is 32.1. The average molecular weight is 420 g/mol. The van der Waals surface area contributed by atoms with E-state index < -0.39 is 11.7 Å². The molecule has 3 aromatic rings. The van der Waals surface area contributed by atoms with Gasteiger partial charge in [0.25, 0.3) is 5.91 Å². The second-order valence-corrected chi connectivity index (χ2v) is 7.13. The fraction of sp³-hybridized carbons (Fsp3) is 0.238. The lowest BCUT2D eigenvalue weighted by Gasteiger charge is -2.12. The van der Waals surface area contributed by atoms with Gasteiger partial charge in [0.2, 0.25) is 0 Å². The summed E-state index contributed by atoms with van der Waals surface area (Å²) >= 11 is 1.31. The molecule has 4 nitrogen and oxygen atoms in total. The van der Waals surface area contributed by atoms with E-state index in [0.29, 0.717) is 34.1 Å². The molecule has 1 N–H and O–H groups in total. The smallest absolute Gasteiger partial charge is 0.416 e. The Labute approximate surface area is 170 Å². The molecule has 0 saturated heterocycles. The Morgan fingerprint density at radius 3 is 2.72 bits per heavy atom. The molecule has 0 saturated carbocycles. The zero-order chi connectivity index (χ0) is 20.9. The quantitative estimate of drug-likeness (QED) is 0.545. The van der Waals surface area contributed by atoms with Gasteiger partial charge in [0.15, 0.2) is 0 Å². The van der Waals surface area contributed by atoms with Gasteiger partial charge in [0.05, 0.1) is 11.1 Å². The van der Waals surface area contributed by atoms with Crippen LogP contribution >= 0.6 is 11.3 Å². The van der Waals surface area contributed by atoms with E-state index in [1.807, 2.05) is 13.0 Å². The van der Waals surface area contributed by atoms with Crippen molar-refractivity contribution in [1.82, 2.24) is 10.3 Å². The number of thiazole rings is 1. The van der Waals surface area contributed by atoms with Crippen LogP contribution in [0.4, 0.5) is 13.2 Å². The summed E-state index contributed by atoms with van der Waals surface area (Å²) in [6, 6.07) is 12.1. The molecule has 0 atom stereocenters. The molecule has 3 rings (SSSR count). The largest absolute Gasteiger partial charge is 0.488 e. The van der Waals surface area contributed by atoms with Crippen LogP contribution in [0.2, 0.25) is 0 Å². The Bertz CT molecular complexity index is 986. The molecule has 0 fully saturated rings. The molecule has 152 valence electrons. The minimum Gasteiger partial charge on any atom is -0.488 e. The van der Waals surface area contributed by atoms with Crippen LogP contribution < -0.4 is 10.1 Å². The number of amides is 1. The fourth-order valence-electron chi connectivity index (χ4n) is 2.60. The number of carbonyl (C=O) groups excluding carboxylic acids is 1. The molecular formula is C21H19F3N2O2S. The first-order chi connectivity index (χ1) is 13.9. The summed E-state index contributed by atoms with van der Waals surface area (Å²) in [4.78, 5) is 16.4. The number of ether oxygens (including phenoxy) is 1. The predicted octanol–water partition coefficient (Wildman–Crippen LogP) is 5.55. The molecule has 1 amide bonds. The Hall–Kier alpha value is -2.87. The molecule has 0 aliphatic rings. The zero-order valence-electron chi connectivity index (χ0n) is 15.6. The molecule has 0 unspecified atom stereocenters. The first-order valence-electron chi connectivity index (χ1n) is 9.00. The highest BCUT2D eigenvalue weighted by Gasteiger charge is 2.30. The number of halogens is 3. The van der Waals surface area contributed by atoms with Crippen LogP contribution in [0, 0.1) is 0 Å². The number of alkyl halides is 3. The predicted molar refractivity (Wildman–Crippen MR) is 106 cm³/mol. The van der Waals surface area contributed by atoms with E-state index in [9.17, 15) is 18.0 Å². The minimum absolute atomic E-state index is 0.0177. The third-order valence-electron chi connectivity index (χ3n) is 4.04. The number of hydrogen-bond acceptors (Lipinski definition) is 4. The van der Waals surface area contributed by atoms with E-state index in [0.717, 1.165) is 18.6 Å². The Morgan fingerprint density at radius 1 is 1.17 bits per heavy atom. The lowest BCUT2D eigenvalue weighted by Crippen LogP contribution is -2.24. The van der Waals surface area contributed by atoms with E-state index in [1.165, 1.54) is 17.4 Å². The molecule has 1 heterocycles. The maximum Gasteiger partial charge on any atom is 0.416 e. The van der Waals surface area contributed by atoms with E-state index in [4.69, 9.17) is 4.74 Å². The van der Waals surface area contributed by atoms with E-state index >= 15 is 0 Å². The van der Waals surface area contributed by atoms with Gasteiger partial charge in [0.1, 0.15) is 23.1 Å². The Kier molecular flexibility index (Phi) is 6.53. The third-order valence-corrected chi connectivity index (χ3v) is 4.91. The molecule has 2 aromatic carbocycles. The maximum absolute atomic E-state index is 12.9. The lowest BCUT2D eigenvalue weighted by molar-refractivity contribution is -0.137. The van der Waals surface area contributed by atoms with E-state index in [-0.39, 0.29) is 12.5 Å². The molecular weight excluding hydrogens is 401 g/mol. The Balaban J connectivity index is 1.77. The van der Waals surface area contributed by atoms with Crippen molar-refractivity contribution in [3.8, 4) is 16.3 Å². The monoisotopic (exact) mass is 420 g/mol. The minimum atomic E-state index is -4.40. The van der Waals surface area contributed by atoms with Gasteiger partial charge in [-0.2, -0.15) is 13.2 Å². The van der Waals surface area contributed by atoms with Crippen molar-refractivity contribution in [3.63, 3.8) is 0 Å². The number of para-hydroxylation sites is 1. The number of aromatic nitrogens is 1. The summed E-state index contributed by atoms with van der Waals surface area (Å²) in [6.45, 7) is 2.52. The van der Waals surface area contributed by atoms with Gasteiger partial charge < -0.3 is 10.1 Å². The van der Waals surface area contributed by atoms with Gasteiger partial charge in [-0.3, -0.25) is 4.79 Å². The van der Waals surface area contributed by atoms with Gasteiger partial charge in [0, 0.05) is 11.9 Å². The molecule has 0 bridgehead atoms. The van der Waals surface area contributed by atoms with Gasteiger partial charge in [-0.15, -0.1) is 11.3 Å². The van der Waals surface area contributed by atoms with E-state index in [1.54, 1.807) is 29.6 Å². The Morgan fingerprint density at radius 2 is 1.97 bits per heavy atom. The molecule has 0 aliphatic heterocycles. The lowest BCUT2D eigenvalue weighted by atomic mass is 10.1. The van der Waals surface area contributed by atoms with Crippen LogP contribution in [0.5, 0.6) is 5.75 Å². The first kappa shape index (κ1) is 20.9. The van der Waals surface area contributed by atoms with Crippen molar-refractivity contribution in [2.75, 3.05) is 6.54 Å². The maximum atomic E-state index is 12.9. The van der Waals surface area contributed by atoms with Crippen LogP contribution in [0.15, 0.2) is 53.9 Å². The van der Waals surface area contributed by atoms with Gasteiger partial charge in [-0.25, -0.2) is 4.98 Å². The van der Waals surface area contributed by atoms with Gasteiger partial charge in [-0.1, -0.05) is 31.2 Å². The van der Waals surface area contributed by atoms with Crippen molar-refractivity contribution in [1.29, 1.82) is 0 Å². The van der Waals surface area contributed by atoms with Crippen LogP contribution in [-0.4, -0.2) is 17.4 Å². The van der Waals surface area contributed by atoms with Crippen LogP contribution in [-0.2, 0) is 12.8 Å². The van der Waals surface area contributed by atoms with Gasteiger partial charge >= 0.3 is 6.18 Å². The van der Waals surface area contributed by atoms with E-state index in [2.05, 4.69) is 10.3 Å².